The molecule has 1 aromatic heterocycles. The first-order valence-electron chi connectivity index (χ1n) is 9.38. The van der Waals surface area contributed by atoms with Crippen LogP contribution in [0, 0.1) is 5.92 Å². The van der Waals surface area contributed by atoms with E-state index in [0.29, 0.717) is 11.5 Å². The minimum atomic E-state index is 0.0989. The van der Waals surface area contributed by atoms with Gasteiger partial charge in [0.1, 0.15) is 0 Å². The summed E-state index contributed by atoms with van der Waals surface area (Å²) in [6.45, 7) is 0.819. The Hall–Kier alpha value is -2.01. The fraction of sp³-hybridized carbons (Fsp3) is 0.429. The zero-order valence-corrected chi connectivity index (χ0v) is 16.3. The number of rotatable bonds is 3. The summed E-state index contributed by atoms with van der Waals surface area (Å²) in [5.74, 6) is 0.655. The van der Waals surface area contributed by atoms with Crippen molar-refractivity contribution in [1.29, 1.82) is 0 Å². The number of allylic oxidation sites excluding steroid dienone is 2. The molecular weight excluding hydrogens is 342 g/mol. The van der Waals surface area contributed by atoms with E-state index < -0.39 is 0 Å². The van der Waals surface area contributed by atoms with E-state index in [4.69, 9.17) is 0 Å². The van der Waals surface area contributed by atoms with Crippen LogP contribution in [0.4, 0.5) is 0 Å². The van der Waals surface area contributed by atoms with E-state index in [1.165, 1.54) is 29.9 Å². The number of amides is 1. The predicted octanol–water partition coefficient (Wildman–Crippen LogP) is 4.73. The van der Waals surface area contributed by atoms with E-state index in [1.54, 1.807) is 18.0 Å². The number of carbonyl (C=O) groups is 1. The molecule has 1 aromatic carbocycles. The Morgan fingerprint density at radius 1 is 1.23 bits per heavy atom. The number of likely N-dealkylation sites (tertiary alicyclic amines) is 1. The quantitative estimate of drug-likeness (QED) is 0.736. The molecule has 4 nitrogen and oxygen atoms in total. The average Bonchev–Trinajstić information content (AvgIpc) is 3.08. The summed E-state index contributed by atoms with van der Waals surface area (Å²) in [6, 6.07) is 8.24. The second kappa shape index (κ2) is 7.31. The van der Waals surface area contributed by atoms with Gasteiger partial charge in [0.2, 0.25) is 0 Å². The Labute approximate surface area is 159 Å². The maximum absolute atomic E-state index is 13.5. The summed E-state index contributed by atoms with van der Waals surface area (Å²) in [4.78, 5) is 16.7. The Morgan fingerprint density at radius 3 is 2.88 bits per heavy atom. The van der Waals surface area contributed by atoms with Crippen molar-refractivity contribution in [2.24, 2.45) is 13.0 Å². The SMILES string of the molecule is CSc1ccccc1-c1c(C(=O)N2CCCC3CCCC=C32)cnn1C. The fourth-order valence-electron chi connectivity index (χ4n) is 4.29. The Morgan fingerprint density at radius 2 is 2.04 bits per heavy atom. The number of nitrogens with zero attached hydrogens (tertiary/aromatic N) is 3. The molecule has 136 valence electrons. The van der Waals surface area contributed by atoms with Crippen LogP contribution in [0.3, 0.4) is 0 Å². The van der Waals surface area contributed by atoms with Gasteiger partial charge in [0.15, 0.2) is 0 Å². The van der Waals surface area contributed by atoms with Gasteiger partial charge in [0, 0.05) is 29.7 Å². The fourth-order valence-corrected chi connectivity index (χ4v) is 4.89. The molecule has 0 saturated carbocycles. The number of hydrogen-bond donors (Lipinski definition) is 0. The molecular formula is C21H25N3OS. The van der Waals surface area contributed by atoms with Gasteiger partial charge in [-0.05, 0) is 50.3 Å². The van der Waals surface area contributed by atoms with Crippen LogP contribution in [0.5, 0.6) is 0 Å². The van der Waals surface area contributed by atoms with Crippen molar-refractivity contribution in [2.45, 2.75) is 37.0 Å². The monoisotopic (exact) mass is 367 g/mol. The van der Waals surface area contributed by atoms with E-state index >= 15 is 0 Å². The third-order valence-corrected chi connectivity index (χ3v) is 6.35. The summed E-state index contributed by atoms with van der Waals surface area (Å²) in [6.07, 6.45) is 11.9. The van der Waals surface area contributed by atoms with Crippen LogP contribution in [0.1, 0.15) is 42.5 Å². The summed E-state index contributed by atoms with van der Waals surface area (Å²) in [5, 5.41) is 4.43. The van der Waals surface area contributed by atoms with Crippen LogP contribution in [-0.2, 0) is 7.05 Å². The van der Waals surface area contributed by atoms with Gasteiger partial charge in [-0.2, -0.15) is 5.10 Å². The van der Waals surface area contributed by atoms with Crippen molar-refractivity contribution in [3.63, 3.8) is 0 Å². The van der Waals surface area contributed by atoms with Gasteiger partial charge in [-0.3, -0.25) is 9.48 Å². The predicted molar refractivity (Wildman–Crippen MR) is 106 cm³/mol. The van der Waals surface area contributed by atoms with E-state index in [-0.39, 0.29) is 5.91 Å². The van der Waals surface area contributed by atoms with Crippen molar-refractivity contribution in [2.75, 3.05) is 12.8 Å². The molecule has 2 heterocycles. The van der Waals surface area contributed by atoms with Crippen LogP contribution in [-0.4, -0.2) is 33.4 Å². The molecule has 1 saturated heterocycles. The molecule has 0 radical (unpaired) electrons. The summed E-state index contributed by atoms with van der Waals surface area (Å²) in [5.41, 5.74) is 3.95. The van der Waals surface area contributed by atoms with E-state index in [0.717, 1.165) is 30.6 Å². The maximum Gasteiger partial charge on any atom is 0.261 e. The summed E-state index contributed by atoms with van der Waals surface area (Å²) in [7, 11) is 1.92. The van der Waals surface area contributed by atoms with E-state index in [1.807, 2.05) is 28.8 Å². The Balaban J connectivity index is 1.75. The smallest absolute Gasteiger partial charge is 0.261 e. The molecule has 26 heavy (non-hydrogen) atoms. The van der Waals surface area contributed by atoms with E-state index in [9.17, 15) is 4.79 Å². The van der Waals surface area contributed by atoms with Gasteiger partial charge >= 0.3 is 0 Å². The lowest BCUT2D eigenvalue weighted by molar-refractivity contribution is 0.0749. The van der Waals surface area contributed by atoms with Gasteiger partial charge in [-0.1, -0.05) is 24.3 Å². The lowest BCUT2D eigenvalue weighted by Gasteiger charge is -2.38. The number of hydrogen-bond acceptors (Lipinski definition) is 3. The third-order valence-electron chi connectivity index (χ3n) is 5.55. The van der Waals surface area contributed by atoms with Gasteiger partial charge in [-0.15, -0.1) is 11.8 Å². The number of piperidine rings is 1. The molecule has 5 heteroatoms. The zero-order valence-electron chi connectivity index (χ0n) is 15.4. The number of aromatic nitrogens is 2. The lowest BCUT2D eigenvalue weighted by atomic mass is 9.84. The molecule has 1 aliphatic heterocycles. The normalized spacial score (nSPS) is 19.8. The van der Waals surface area contributed by atoms with Gasteiger partial charge < -0.3 is 4.90 Å². The van der Waals surface area contributed by atoms with Crippen molar-refractivity contribution < 1.29 is 4.79 Å². The number of benzene rings is 1. The number of thioether (sulfide) groups is 1. The first-order valence-corrected chi connectivity index (χ1v) is 10.6. The molecule has 1 aliphatic carbocycles. The van der Waals surface area contributed by atoms with E-state index in [2.05, 4.69) is 29.6 Å². The summed E-state index contributed by atoms with van der Waals surface area (Å²) < 4.78 is 1.83. The second-order valence-electron chi connectivity index (χ2n) is 7.09. The number of fused-ring (bicyclic) bond motifs is 1. The molecule has 0 bridgehead atoms. The Bertz CT molecular complexity index is 855. The minimum Gasteiger partial charge on any atom is -0.312 e. The lowest BCUT2D eigenvalue weighted by Crippen LogP contribution is -2.39. The molecule has 4 rings (SSSR count). The molecule has 1 atom stereocenters. The summed E-state index contributed by atoms with van der Waals surface area (Å²) >= 11 is 1.70. The van der Waals surface area contributed by atoms with Crippen LogP contribution < -0.4 is 0 Å². The average molecular weight is 368 g/mol. The number of carbonyl (C=O) groups excluding carboxylic acids is 1. The third kappa shape index (κ3) is 2.98. The molecule has 2 aromatic rings. The van der Waals surface area contributed by atoms with Crippen LogP contribution in [0.2, 0.25) is 0 Å². The zero-order chi connectivity index (χ0) is 18.1. The van der Waals surface area contributed by atoms with Gasteiger partial charge in [0.05, 0.1) is 17.5 Å². The standard InChI is InChI=1S/C21H25N3OS/c1-23-20(16-10-4-6-12-19(16)26-2)17(14-22-23)21(25)24-13-7-9-15-8-3-5-11-18(15)24/h4,6,10-12,14-15H,3,5,7-9,13H2,1-2H3. The van der Waals surface area contributed by atoms with Crippen LogP contribution in [0.15, 0.2) is 47.1 Å². The highest BCUT2D eigenvalue weighted by Crippen LogP contribution is 2.37. The topological polar surface area (TPSA) is 38.1 Å². The van der Waals surface area contributed by atoms with Crippen LogP contribution >= 0.6 is 11.8 Å². The highest BCUT2D eigenvalue weighted by atomic mass is 32.2. The van der Waals surface area contributed by atoms with Crippen molar-refractivity contribution in [3.8, 4) is 11.3 Å². The van der Waals surface area contributed by atoms with Crippen molar-refractivity contribution in [3.05, 3.63) is 47.8 Å². The van der Waals surface area contributed by atoms with Gasteiger partial charge in [-0.25, -0.2) is 0 Å². The highest BCUT2D eigenvalue weighted by Gasteiger charge is 2.33. The van der Waals surface area contributed by atoms with Crippen LogP contribution in [0.25, 0.3) is 11.3 Å². The van der Waals surface area contributed by atoms with Gasteiger partial charge in [0.25, 0.3) is 5.91 Å². The highest BCUT2D eigenvalue weighted by molar-refractivity contribution is 7.98. The van der Waals surface area contributed by atoms with Crippen molar-refractivity contribution in [1.82, 2.24) is 14.7 Å². The largest absolute Gasteiger partial charge is 0.312 e. The number of aryl methyl sites for hydroxylation is 1. The molecule has 1 fully saturated rings. The molecule has 1 unspecified atom stereocenters. The second-order valence-corrected chi connectivity index (χ2v) is 7.93. The molecule has 0 N–H and O–H groups in total. The first-order chi connectivity index (χ1) is 12.7. The first kappa shape index (κ1) is 17.4. The molecule has 1 amide bonds. The Kier molecular flexibility index (Phi) is 4.90. The molecule has 2 aliphatic rings. The van der Waals surface area contributed by atoms with Crippen molar-refractivity contribution >= 4 is 17.7 Å². The molecule has 0 spiro atoms. The maximum atomic E-state index is 13.5. The minimum absolute atomic E-state index is 0.0989.